The summed E-state index contributed by atoms with van der Waals surface area (Å²) in [5.74, 6) is 0. The van der Waals surface area contributed by atoms with Crippen molar-refractivity contribution in [1.29, 1.82) is 0 Å². The van der Waals surface area contributed by atoms with Crippen LogP contribution < -0.4 is 4.90 Å². The molecule has 5 heteroatoms. The maximum absolute atomic E-state index is 4.50. The zero-order valence-corrected chi connectivity index (χ0v) is 31.4. The highest BCUT2D eigenvalue weighted by Gasteiger charge is 2.20. The molecule has 0 bridgehead atoms. The van der Waals surface area contributed by atoms with Gasteiger partial charge in [-0.3, -0.25) is 4.98 Å². The van der Waals surface area contributed by atoms with Crippen LogP contribution in [0.15, 0.2) is 213 Å². The molecule has 0 aliphatic rings. The Morgan fingerprint density at radius 2 is 0.603 bits per heavy atom. The van der Waals surface area contributed by atoms with Crippen molar-refractivity contribution in [1.82, 2.24) is 18.7 Å². The van der Waals surface area contributed by atoms with Crippen LogP contribution in [-0.2, 0) is 0 Å². The highest BCUT2D eigenvalue weighted by molar-refractivity contribution is 6.11. The predicted molar refractivity (Wildman–Crippen MR) is 242 cm³/mol. The van der Waals surface area contributed by atoms with E-state index in [9.17, 15) is 0 Å². The van der Waals surface area contributed by atoms with Crippen LogP contribution in [-0.4, -0.2) is 18.7 Å². The molecule has 0 unspecified atom stereocenters. The Morgan fingerprint density at radius 3 is 0.966 bits per heavy atom. The fourth-order valence-corrected chi connectivity index (χ4v) is 9.26. The van der Waals surface area contributed by atoms with Crippen LogP contribution in [0.1, 0.15) is 0 Å². The van der Waals surface area contributed by atoms with Crippen LogP contribution in [0, 0.1) is 0 Å². The lowest BCUT2D eigenvalue weighted by Gasteiger charge is -2.27. The number of benzene rings is 8. The van der Waals surface area contributed by atoms with Crippen LogP contribution in [0.25, 0.3) is 82.5 Å². The first kappa shape index (κ1) is 32.4. The average Bonchev–Trinajstić information content (AvgIpc) is 3.93. The summed E-state index contributed by atoms with van der Waals surface area (Å²) in [5, 5.41) is 7.30. The van der Waals surface area contributed by atoms with Gasteiger partial charge in [0.1, 0.15) is 0 Å². The van der Waals surface area contributed by atoms with Crippen molar-refractivity contribution < 1.29 is 0 Å². The summed E-state index contributed by atoms with van der Waals surface area (Å²) in [6.45, 7) is 0. The average molecular weight is 742 g/mol. The second-order valence-corrected chi connectivity index (χ2v) is 14.9. The summed E-state index contributed by atoms with van der Waals surface area (Å²) in [5.41, 5.74) is 13.5. The summed E-state index contributed by atoms with van der Waals surface area (Å²) in [6, 6.07) is 72.3. The third kappa shape index (κ3) is 4.87. The van der Waals surface area contributed by atoms with Crippen molar-refractivity contribution in [3.05, 3.63) is 213 Å². The minimum Gasteiger partial charge on any atom is -0.310 e. The van der Waals surface area contributed by atoms with E-state index in [4.69, 9.17) is 0 Å². The van der Waals surface area contributed by atoms with Gasteiger partial charge in [0.2, 0.25) is 0 Å². The first-order valence-electron chi connectivity index (χ1n) is 19.7. The van der Waals surface area contributed by atoms with E-state index in [1.54, 1.807) is 0 Å². The molecule has 5 nitrogen and oxygen atoms in total. The maximum atomic E-state index is 4.50. The highest BCUT2D eigenvalue weighted by Crippen LogP contribution is 2.41. The van der Waals surface area contributed by atoms with E-state index < -0.39 is 0 Å². The summed E-state index contributed by atoms with van der Waals surface area (Å²) >= 11 is 0. The summed E-state index contributed by atoms with van der Waals surface area (Å²) in [6.07, 6.45) is 3.86. The van der Waals surface area contributed by atoms with Gasteiger partial charge in [-0.1, -0.05) is 109 Å². The van der Waals surface area contributed by atoms with Crippen LogP contribution in [0.5, 0.6) is 0 Å². The molecule has 12 rings (SSSR count). The van der Waals surface area contributed by atoms with Gasteiger partial charge in [0, 0.05) is 78.8 Å². The molecule has 0 radical (unpaired) electrons. The van der Waals surface area contributed by atoms with Crippen molar-refractivity contribution >= 4 is 82.5 Å². The molecule has 0 spiro atoms. The number of nitrogens with zero attached hydrogens (tertiary/aromatic N) is 5. The lowest BCUT2D eigenvalue weighted by molar-refractivity contribution is 1.15. The van der Waals surface area contributed by atoms with Gasteiger partial charge in [-0.25, -0.2) is 0 Å². The van der Waals surface area contributed by atoms with Gasteiger partial charge in [0.25, 0.3) is 0 Å². The fourth-order valence-electron chi connectivity index (χ4n) is 9.26. The van der Waals surface area contributed by atoms with Gasteiger partial charge in [-0.05, 0) is 91.0 Å². The Labute approximate surface area is 334 Å². The van der Waals surface area contributed by atoms with Gasteiger partial charge < -0.3 is 18.6 Å². The van der Waals surface area contributed by atoms with E-state index in [1.807, 2.05) is 12.4 Å². The first-order chi connectivity index (χ1) is 28.8. The molecule has 272 valence electrons. The summed E-state index contributed by atoms with van der Waals surface area (Å²) in [4.78, 5) is 6.90. The fraction of sp³-hybridized carbons (Fsp3) is 0. The molecule has 4 heterocycles. The number of aromatic nitrogens is 4. The van der Waals surface area contributed by atoms with Gasteiger partial charge in [0.05, 0.1) is 33.1 Å². The van der Waals surface area contributed by atoms with E-state index in [0.29, 0.717) is 0 Å². The Kier molecular flexibility index (Phi) is 7.16. The van der Waals surface area contributed by atoms with Gasteiger partial charge >= 0.3 is 0 Å². The number of anilines is 3. The molecular formula is C53H35N5. The van der Waals surface area contributed by atoms with E-state index in [1.165, 1.54) is 49.0 Å². The van der Waals surface area contributed by atoms with Gasteiger partial charge in [-0.2, -0.15) is 0 Å². The predicted octanol–water partition coefficient (Wildman–Crippen LogP) is 13.8. The van der Waals surface area contributed by atoms with E-state index in [2.05, 4.69) is 224 Å². The molecular weight excluding hydrogens is 707 g/mol. The molecule has 58 heavy (non-hydrogen) atoms. The molecule has 0 fully saturated rings. The molecule has 0 saturated carbocycles. The number of hydrogen-bond donors (Lipinski definition) is 0. The molecule has 0 saturated heterocycles. The third-order valence-corrected chi connectivity index (χ3v) is 11.7. The van der Waals surface area contributed by atoms with Crippen molar-refractivity contribution in [2.45, 2.75) is 0 Å². The first-order valence-corrected chi connectivity index (χ1v) is 19.7. The standard InChI is InChI=1S/C53H35N5/c1-6-25-48-42(20-1)43-21-2-7-26-49(43)56(48)39-17-11-14-36(32-39)55(37-15-12-18-40(33-37)57-50-27-8-3-22-44(50)45-23-4-9-28-51(45)57)38-16-13-19-41(34-38)58-52-29-10-5-24-46(52)47-35-54-31-30-53(47)58/h1-35H. The van der Waals surface area contributed by atoms with Gasteiger partial charge in [0.15, 0.2) is 0 Å². The largest absolute Gasteiger partial charge is 0.310 e. The second kappa shape index (κ2) is 12.8. The van der Waals surface area contributed by atoms with Crippen LogP contribution >= 0.6 is 0 Å². The van der Waals surface area contributed by atoms with Crippen LogP contribution in [0.4, 0.5) is 17.1 Å². The number of hydrogen-bond acceptors (Lipinski definition) is 2. The molecule has 0 aliphatic carbocycles. The van der Waals surface area contributed by atoms with Crippen LogP contribution in [0.3, 0.4) is 0 Å². The number of rotatable bonds is 6. The Hall–Kier alpha value is -7.89. The third-order valence-electron chi connectivity index (χ3n) is 11.7. The molecule has 12 aromatic rings. The monoisotopic (exact) mass is 741 g/mol. The van der Waals surface area contributed by atoms with Crippen molar-refractivity contribution in [2.24, 2.45) is 0 Å². The number of pyridine rings is 1. The minimum atomic E-state index is 1.05. The molecule has 0 atom stereocenters. The van der Waals surface area contributed by atoms with E-state index in [0.717, 1.165) is 50.5 Å². The summed E-state index contributed by atoms with van der Waals surface area (Å²) < 4.78 is 7.14. The summed E-state index contributed by atoms with van der Waals surface area (Å²) in [7, 11) is 0. The zero-order valence-electron chi connectivity index (χ0n) is 31.4. The van der Waals surface area contributed by atoms with Crippen molar-refractivity contribution in [3.8, 4) is 17.1 Å². The van der Waals surface area contributed by atoms with Crippen LogP contribution in [0.2, 0.25) is 0 Å². The molecule has 0 amide bonds. The molecule has 0 N–H and O–H groups in total. The minimum absolute atomic E-state index is 1.05. The SMILES string of the molecule is c1cc(N(c2cccc(-n3c4ccccc4c4ccccc43)c2)c2cccc(-n3c4ccccc4c4cnccc43)c2)cc(-n2c3ccccc3c3ccccc32)c1. The maximum Gasteiger partial charge on any atom is 0.0571 e. The lowest BCUT2D eigenvalue weighted by atomic mass is 10.1. The lowest BCUT2D eigenvalue weighted by Crippen LogP contribution is -2.12. The zero-order chi connectivity index (χ0) is 38.2. The topological polar surface area (TPSA) is 30.9 Å². The van der Waals surface area contributed by atoms with Crippen molar-refractivity contribution in [2.75, 3.05) is 4.90 Å². The Bertz CT molecular complexity index is 3010. The number of para-hydroxylation sites is 5. The molecule has 0 aliphatic heterocycles. The van der Waals surface area contributed by atoms with Crippen molar-refractivity contribution in [3.63, 3.8) is 0 Å². The van der Waals surface area contributed by atoms with Gasteiger partial charge in [-0.15, -0.1) is 0 Å². The van der Waals surface area contributed by atoms with E-state index >= 15 is 0 Å². The normalized spacial score (nSPS) is 11.8. The highest BCUT2D eigenvalue weighted by atomic mass is 15.2. The Balaban J connectivity index is 1.10. The van der Waals surface area contributed by atoms with E-state index in [-0.39, 0.29) is 0 Å². The molecule has 4 aromatic heterocycles. The smallest absolute Gasteiger partial charge is 0.0571 e. The molecule has 8 aromatic carbocycles. The Morgan fingerprint density at radius 1 is 0.293 bits per heavy atom. The number of fused-ring (bicyclic) bond motifs is 9. The quantitative estimate of drug-likeness (QED) is 0.170. The second-order valence-electron chi connectivity index (χ2n) is 14.9.